The lowest BCUT2D eigenvalue weighted by Crippen LogP contribution is -2.20. The number of carbonyl (C=O) groups is 2. The van der Waals surface area contributed by atoms with Crippen LogP contribution >= 0.6 is 0 Å². The smallest absolute Gasteiger partial charge is 0.343 e. The lowest BCUT2D eigenvalue weighted by Gasteiger charge is -2.11. The van der Waals surface area contributed by atoms with Gasteiger partial charge in [-0.2, -0.15) is 0 Å². The first-order valence-electron chi connectivity index (χ1n) is 5.55. The molecule has 0 saturated carbocycles. The predicted octanol–water partition coefficient (Wildman–Crippen LogP) is 2.04. The highest BCUT2D eigenvalue weighted by Gasteiger charge is 2.28. The van der Waals surface area contributed by atoms with Crippen molar-refractivity contribution in [2.75, 3.05) is 21.2 Å². The molecule has 0 heterocycles. The van der Waals surface area contributed by atoms with Gasteiger partial charge in [-0.25, -0.2) is 22.4 Å². The number of rotatable bonds is 4. The van der Waals surface area contributed by atoms with Gasteiger partial charge in [0.05, 0.1) is 12.7 Å². The highest BCUT2D eigenvalue weighted by molar-refractivity contribution is 6.24. The van der Waals surface area contributed by atoms with E-state index in [2.05, 4.69) is 4.74 Å². The van der Waals surface area contributed by atoms with E-state index in [1.165, 1.54) is 19.0 Å². The molecule has 1 aromatic carbocycles. The van der Waals surface area contributed by atoms with Gasteiger partial charge in [-0.15, -0.1) is 0 Å². The van der Waals surface area contributed by atoms with Crippen LogP contribution < -0.4 is 0 Å². The van der Waals surface area contributed by atoms with Gasteiger partial charge in [0.15, 0.2) is 23.3 Å². The summed E-state index contributed by atoms with van der Waals surface area (Å²) in [6.45, 7) is 0. The molecule has 4 nitrogen and oxygen atoms in total. The van der Waals surface area contributed by atoms with Crippen LogP contribution in [-0.2, 0) is 9.53 Å². The topological polar surface area (TPSA) is 46.6 Å². The van der Waals surface area contributed by atoms with Gasteiger partial charge in [-0.3, -0.25) is 4.79 Å². The first kappa shape index (κ1) is 16.7. The van der Waals surface area contributed by atoms with Gasteiger partial charge in [0, 0.05) is 20.3 Å². The second kappa shape index (κ2) is 6.38. The number of halogens is 4. The van der Waals surface area contributed by atoms with Gasteiger partial charge in [0.2, 0.25) is 5.78 Å². The number of benzene rings is 1. The summed E-state index contributed by atoms with van der Waals surface area (Å²) in [5.41, 5.74) is -1.77. The molecule has 0 unspecified atom stereocenters. The van der Waals surface area contributed by atoms with Gasteiger partial charge >= 0.3 is 5.97 Å². The largest absolute Gasteiger partial charge is 0.465 e. The molecule has 0 bridgehead atoms. The molecule has 0 fully saturated rings. The summed E-state index contributed by atoms with van der Waals surface area (Å²) in [6.07, 6.45) is 0.993. The van der Waals surface area contributed by atoms with Crippen molar-refractivity contribution in [3.05, 3.63) is 46.7 Å². The lowest BCUT2D eigenvalue weighted by molar-refractivity contribution is -0.135. The fraction of sp³-hybridized carbons (Fsp3) is 0.231. The van der Waals surface area contributed by atoms with E-state index >= 15 is 0 Å². The Kier molecular flexibility index (Phi) is 5.07. The lowest BCUT2D eigenvalue weighted by atomic mass is 10.0. The number of ketones is 1. The Balaban J connectivity index is 3.45. The van der Waals surface area contributed by atoms with Gasteiger partial charge in [0.1, 0.15) is 5.57 Å². The molecule has 114 valence electrons. The summed E-state index contributed by atoms with van der Waals surface area (Å²) in [5.74, 6) is -10.3. The molecule has 1 rings (SSSR count). The summed E-state index contributed by atoms with van der Waals surface area (Å²) < 4.78 is 57.0. The second-order valence-corrected chi connectivity index (χ2v) is 4.17. The molecular weight excluding hydrogens is 294 g/mol. The van der Waals surface area contributed by atoms with Crippen molar-refractivity contribution in [2.24, 2.45) is 0 Å². The minimum absolute atomic E-state index is 0.183. The minimum atomic E-state index is -2.13. The third-order valence-corrected chi connectivity index (χ3v) is 2.38. The molecule has 0 saturated heterocycles. The number of methoxy groups -OCH3 is 1. The summed E-state index contributed by atoms with van der Waals surface area (Å²) >= 11 is 0. The summed E-state index contributed by atoms with van der Waals surface area (Å²) in [7, 11) is 3.89. The normalized spacial score (nSPS) is 11.3. The molecule has 0 amide bonds. The maximum absolute atomic E-state index is 13.6. The van der Waals surface area contributed by atoms with Crippen molar-refractivity contribution in [3.8, 4) is 0 Å². The van der Waals surface area contributed by atoms with Crippen LogP contribution in [0.1, 0.15) is 10.4 Å². The van der Waals surface area contributed by atoms with Crippen molar-refractivity contribution < 1.29 is 31.9 Å². The number of hydrogen-bond acceptors (Lipinski definition) is 4. The zero-order valence-corrected chi connectivity index (χ0v) is 11.3. The quantitative estimate of drug-likeness (QED) is 0.125. The molecule has 0 aliphatic rings. The Labute approximate surface area is 117 Å². The average Bonchev–Trinajstić information content (AvgIpc) is 2.44. The van der Waals surface area contributed by atoms with Crippen molar-refractivity contribution >= 4 is 11.8 Å². The highest BCUT2D eigenvalue weighted by Crippen LogP contribution is 2.21. The first-order chi connectivity index (χ1) is 9.70. The third-order valence-electron chi connectivity index (χ3n) is 2.38. The Morgan fingerprint density at radius 1 is 1.10 bits per heavy atom. The molecule has 0 spiro atoms. The van der Waals surface area contributed by atoms with E-state index in [0.29, 0.717) is 0 Å². The molecule has 0 aliphatic carbocycles. The van der Waals surface area contributed by atoms with Crippen LogP contribution in [-0.4, -0.2) is 37.9 Å². The number of nitrogens with zero attached hydrogens (tertiary/aromatic N) is 1. The van der Waals surface area contributed by atoms with Crippen LogP contribution in [0.4, 0.5) is 17.6 Å². The summed E-state index contributed by atoms with van der Waals surface area (Å²) in [6, 6.07) is 0.183. The van der Waals surface area contributed by atoms with Gasteiger partial charge in [-0.05, 0) is 6.07 Å². The van der Waals surface area contributed by atoms with E-state index < -0.39 is 46.2 Å². The maximum atomic E-state index is 13.6. The van der Waals surface area contributed by atoms with Gasteiger partial charge in [0.25, 0.3) is 0 Å². The number of esters is 1. The molecule has 0 radical (unpaired) electrons. The van der Waals surface area contributed by atoms with E-state index in [1.54, 1.807) is 0 Å². The molecular formula is C13H11F4NO3. The van der Waals surface area contributed by atoms with Crippen LogP contribution in [0.2, 0.25) is 0 Å². The Hall–Kier alpha value is -2.38. The highest BCUT2D eigenvalue weighted by atomic mass is 19.2. The maximum Gasteiger partial charge on any atom is 0.343 e. The number of carbonyl (C=O) groups excluding carboxylic acids is 2. The summed E-state index contributed by atoms with van der Waals surface area (Å²) in [5, 5.41) is 0. The molecule has 8 heteroatoms. The standard InChI is InChI=1S/C13H11F4NO3/c1-18(2)5-7(13(20)21-3)12(19)6-4-8(14)10(16)11(17)9(6)15/h4-5H,1-3H3/b7-5-. The van der Waals surface area contributed by atoms with Crippen LogP contribution in [0.15, 0.2) is 17.8 Å². The van der Waals surface area contributed by atoms with Gasteiger partial charge < -0.3 is 9.64 Å². The fourth-order valence-electron chi connectivity index (χ4n) is 1.46. The summed E-state index contributed by atoms with van der Waals surface area (Å²) in [4.78, 5) is 24.8. The monoisotopic (exact) mass is 305 g/mol. The van der Waals surface area contributed by atoms with E-state index in [-0.39, 0.29) is 6.07 Å². The Morgan fingerprint density at radius 3 is 2.14 bits per heavy atom. The molecule has 0 aromatic heterocycles. The molecule has 0 aliphatic heterocycles. The zero-order valence-electron chi connectivity index (χ0n) is 11.3. The Bertz CT molecular complexity index is 626. The average molecular weight is 305 g/mol. The minimum Gasteiger partial charge on any atom is -0.465 e. The third kappa shape index (κ3) is 3.39. The molecule has 0 N–H and O–H groups in total. The van der Waals surface area contributed by atoms with Crippen molar-refractivity contribution in [3.63, 3.8) is 0 Å². The molecule has 0 atom stereocenters. The predicted molar refractivity (Wildman–Crippen MR) is 64.4 cm³/mol. The first-order valence-corrected chi connectivity index (χ1v) is 5.55. The SMILES string of the molecule is COC(=O)/C(=C\N(C)C)C(=O)c1cc(F)c(F)c(F)c1F. The van der Waals surface area contributed by atoms with Crippen LogP contribution in [0.5, 0.6) is 0 Å². The van der Waals surface area contributed by atoms with Gasteiger partial charge in [-0.1, -0.05) is 0 Å². The Morgan fingerprint density at radius 2 is 1.67 bits per heavy atom. The van der Waals surface area contributed by atoms with Crippen molar-refractivity contribution in [1.82, 2.24) is 4.90 Å². The fourth-order valence-corrected chi connectivity index (χ4v) is 1.46. The molecule has 21 heavy (non-hydrogen) atoms. The molecule has 1 aromatic rings. The van der Waals surface area contributed by atoms with E-state index in [0.717, 1.165) is 13.3 Å². The van der Waals surface area contributed by atoms with E-state index in [1.807, 2.05) is 0 Å². The number of ether oxygens (including phenoxy) is 1. The van der Waals surface area contributed by atoms with E-state index in [4.69, 9.17) is 0 Å². The second-order valence-electron chi connectivity index (χ2n) is 4.17. The van der Waals surface area contributed by atoms with E-state index in [9.17, 15) is 27.2 Å². The van der Waals surface area contributed by atoms with Crippen LogP contribution in [0.3, 0.4) is 0 Å². The van der Waals surface area contributed by atoms with Crippen molar-refractivity contribution in [2.45, 2.75) is 0 Å². The van der Waals surface area contributed by atoms with Crippen LogP contribution in [0, 0.1) is 23.3 Å². The number of hydrogen-bond donors (Lipinski definition) is 0. The zero-order chi connectivity index (χ0) is 16.3. The van der Waals surface area contributed by atoms with Crippen molar-refractivity contribution in [1.29, 1.82) is 0 Å². The van der Waals surface area contributed by atoms with Crippen LogP contribution in [0.25, 0.3) is 0 Å². The number of Topliss-reactive ketones (excluding diaryl/α,β-unsaturated/α-hetero) is 1.